The van der Waals surface area contributed by atoms with E-state index >= 15 is 0 Å². The largest absolute Gasteiger partial charge is 0.497 e. The Morgan fingerprint density at radius 2 is 1.33 bits per heavy atom. The lowest BCUT2D eigenvalue weighted by atomic mass is 10.1. The van der Waals surface area contributed by atoms with Gasteiger partial charge in [0, 0.05) is 0 Å². The second kappa shape index (κ2) is 11.1. The van der Waals surface area contributed by atoms with Crippen LogP contribution in [0.5, 0.6) is 23.0 Å². The Kier molecular flexibility index (Phi) is 7.50. The van der Waals surface area contributed by atoms with E-state index in [2.05, 4.69) is 5.32 Å². The number of carbonyl (C=O) groups is 3. The van der Waals surface area contributed by atoms with E-state index in [4.69, 9.17) is 18.9 Å². The average Bonchev–Trinajstić information content (AvgIpc) is 2.90. The van der Waals surface area contributed by atoms with Gasteiger partial charge in [0.1, 0.15) is 41.8 Å². The van der Waals surface area contributed by atoms with Gasteiger partial charge in [0.2, 0.25) is 0 Å². The van der Waals surface area contributed by atoms with Crippen molar-refractivity contribution in [3.05, 3.63) is 83.9 Å². The van der Waals surface area contributed by atoms with Crippen LogP contribution in [0.4, 0.5) is 10.5 Å². The minimum absolute atomic E-state index is 0.176. The molecule has 1 fully saturated rings. The van der Waals surface area contributed by atoms with Crippen molar-refractivity contribution in [1.29, 1.82) is 0 Å². The van der Waals surface area contributed by atoms with Crippen LogP contribution in [0.25, 0.3) is 6.08 Å². The van der Waals surface area contributed by atoms with Gasteiger partial charge in [0.15, 0.2) is 0 Å². The molecule has 184 valence electrons. The maximum absolute atomic E-state index is 13.1. The molecule has 3 aromatic rings. The molecule has 0 atom stereocenters. The fraction of sp³-hybridized carbons (Fsp3) is 0.148. The number of benzene rings is 3. The van der Waals surface area contributed by atoms with E-state index in [1.54, 1.807) is 79.9 Å². The van der Waals surface area contributed by atoms with Gasteiger partial charge in [0.25, 0.3) is 11.8 Å². The molecule has 0 radical (unpaired) electrons. The molecule has 1 heterocycles. The van der Waals surface area contributed by atoms with Gasteiger partial charge in [-0.3, -0.25) is 14.9 Å². The number of carbonyl (C=O) groups excluding carboxylic acids is 3. The van der Waals surface area contributed by atoms with Crippen LogP contribution in [0, 0.1) is 0 Å². The average molecular weight is 488 g/mol. The van der Waals surface area contributed by atoms with Gasteiger partial charge in [-0.2, -0.15) is 0 Å². The highest BCUT2D eigenvalue weighted by Crippen LogP contribution is 2.25. The van der Waals surface area contributed by atoms with Crippen molar-refractivity contribution in [2.75, 3.05) is 32.3 Å². The molecular formula is C27H24N2O7. The molecule has 4 rings (SSSR count). The van der Waals surface area contributed by atoms with Gasteiger partial charge in [-0.15, -0.1) is 0 Å². The fourth-order valence-corrected chi connectivity index (χ4v) is 3.48. The van der Waals surface area contributed by atoms with E-state index in [0.717, 1.165) is 10.6 Å². The molecule has 0 unspecified atom stereocenters. The Bertz CT molecular complexity index is 1280. The van der Waals surface area contributed by atoms with E-state index in [1.165, 1.54) is 13.2 Å². The number of ether oxygens (including phenoxy) is 4. The van der Waals surface area contributed by atoms with Crippen LogP contribution in [-0.4, -0.2) is 45.3 Å². The van der Waals surface area contributed by atoms with Crippen molar-refractivity contribution >= 4 is 29.6 Å². The summed E-state index contributed by atoms with van der Waals surface area (Å²) in [5.41, 5.74) is 0.696. The summed E-state index contributed by atoms with van der Waals surface area (Å²) >= 11 is 0. The lowest BCUT2D eigenvalue weighted by Crippen LogP contribution is -2.54. The summed E-state index contributed by atoms with van der Waals surface area (Å²) in [4.78, 5) is 38.8. The molecular weight excluding hydrogens is 464 g/mol. The van der Waals surface area contributed by atoms with Crippen molar-refractivity contribution in [1.82, 2.24) is 5.32 Å². The molecule has 9 heteroatoms. The van der Waals surface area contributed by atoms with Crippen molar-refractivity contribution < 1.29 is 33.3 Å². The molecule has 4 amide bonds. The normalized spacial score (nSPS) is 14.4. The molecule has 1 aliphatic heterocycles. The molecule has 1 aliphatic rings. The predicted molar refractivity (Wildman–Crippen MR) is 132 cm³/mol. The zero-order valence-electron chi connectivity index (χ0n) is 19.7. The number of imide groups is 2. The monoisotopic (exact) mass is 488 g/mol. The molecule has 36 heavy (non-hydrogen) atoms. The van der Waals surface area contributed by atoms with Crippen LogP contribution < -0.4 is 29.2 Å². The summed E-state index contributed by atoms with van der Waals surface area (Å²) in [6, 6.07) is 19.7. The van der Waals surface area contributed by atoms with Crippen LogP contribution in [0.1, 0.15) is 5.56 Å². The van der Waals surface area contributed by atoms with Crippen molar-refractivity contribution in [2.24, 2.45) is 0 Å². The summed E-state index contributed by atoms with van der Waals surface area (Å²) < 4.78 is 21.6. The van der Waals surface area contributed by atoms with Crippen molar-refractivity contribution in [3.8, 4) is 23.0 Å². The van der Waals surface area contributed by atoms with E-state index in [-0.39, 0.29) is 12.2 Å². The zero-order valence-corrected chi connectivity index (χ0v) is 19.7. The Morgan fingerprint density at radius 3 is 1.97 bits per heavy atom. The van der Waals surface area contributed by atoms with Crippen molar-refractivity contribution in [3.63, 3.8) is 0 Å². The highest BCUT2D eigenvalue weighted by Gasteiger charge is 2.36. The van der Waals surface area contributed by atoms with E-state index in [0.29, 0.717) is 35.1 Å². The third-order valence-corrected chi connectivity index (χ3v) is 5.28. The Balaban J connectivity index is 1.43. The lowest BCUT2D eigenvalue weighted by Gasteiger charge is -2.26. The number of nitrogens with one attached hydrogen (secondary N) is 1. The number of anilines is 1. The molecule has 0 aliphatic carbocycles. The number of urea groups is 1. The van der Waals surface area contributed by atoms with Gasteiger partial charge in [-0.25, -0.2) is 9.69 Å². The second-order valence-electron chi connectivity index (χ2n) is 7.60. The molecule has 9 nitrogen and oxygen atoms in total. The highest BCUT2D eigenvalue weighted by molar-refractivity contribution is 6.39. The maximum atomic E-state index is 13.1. The lowest BCUT2D eigenvalue weighted by molar-refractivity contribution is -0.122. The molecule has 1 N–H and O–H groups in total. The standard InChI is InChI=1S/C27H24N2O7/c1-33-20-8-6-19(7-9-20)29-26(31)24(25(30)28-27(29)32)17-18-4-3-5-23(16-18)36-15-14-35-22-12-10-21(34-2)11-13-22/h3-13,16-17H,14-15H2,1-2H3,(H,28,30,32)/b24-17-. The summed E-state index contributed by atoms with van der Waals surface area (Å²) in [6.45, 7) is 0.600. The van der Waals surface area contributed by atoms with Crippen LogP contribution in [-0.2, 0) is 9.59 Å². The minimum atomic E-state index is -0.818. The quantitative estimate of drug-likeness (QED) is 0.277. The van der Waals surface area contributed by atoms with Gasteiger partial charge in [0.05, 0.1) is 19.9 Å². The minimum Gasteiger partial charge on any atom is -0.497 e. The summed E-state index contributed by atoms with van der Waals surface area (Å²) in [5.74, 6) is 1.04. The fourth-order valence-electron chi connectivity index (χ4n) is 3.48. The van der Waals surface area contributed by atoms with E-state index in [9.17, 15) is 14.4 Å². The predicted octanol–water partition coefficient (Wildman–Crippen LogP) is 3.83. The van der Waals surface area contributed by atoms with Crippen LogP contribution in [0.3, 0.4) is 0 Å². The van der Waals surface area contributed by atoms with Gasteiger partial charge < -0.3 is 18.9 Å². The van der Waals surface area contributed by atoms with Gasteiger partial charge >= 0.3 is 6.03 Å². The zero-order chi connectivity index (χ0) is 25.5. The Labute approximate surface area is 207 Å². The second-order valence-corrected chi connectivity index (χ2v) is 7.60. The number of hydrogen-bond donors (Lipinski definition) is 1. The van der Waals surface area contributed by atoms with Crippen LogP contribution >= 0.6 is 0 Å². The topological polar surface area (TPSA) is 103 Å². The Hall–Kier alpha value is -4.79. The third-order valence-electron chi connectivity index (χ3n) is 5.28. The number of hydrogen-bond acceptors (Lipinski definition) is 7. The van der Waals surface area contributed by atoms with E-state index in [1.807, 2.05) is 0 Å². The molecule has 0 bridgehead atoms. The van der Waals surface area contributed by atoms with Crippen LogP contribution in [0.15, 0.2) is 78.4 Å². The highest BCUT2D eigenvalue weighted by atomic mass is 16.5. The summed E-state index contributed by atoms with van der Waals surface area (Å²) in [6.07, 6.45) is 1.42. The number of barbiturate groups is 1. The summed E-state index contributed by atoms with van der Waals surface area (Å²) in [7, 11) is 3.11. The number of methoxy groups -OCH3 is 2. The number of rotatable bonds is 9. The number of nitrogens with zero attached hydrogens (tertiary/aromatic N) is 1. The molecule has 0 aromatic heterocycles. The maximum Gasteiger partial charge on any atom is 0.335 e. The first-order chi connectivity index (χ1) is 17.5. The summed E-state index contributed by atoms with van der Waals surface area (Å²) in [5, 5.41) is 2.21. The molecule has 3 aromatic carbocycles. The third kappa shape index (κ3) is 5.64. The Morgan fingerprint density at radius 1 is 0.750 bits per heavy atom. The van der Waals surface area contributed by atoms with Gasteiger partial charge in [-0.1, -0.05) is 12.1 Å². The number of amides is 4. The first kappa shape index (κ1) is 24.3. The molecule has 0 spiro atoms. The smallest absolute Gasteiger partial charge is 0.335 e. The van der Waals surface area contributed by atoms with E-state index < -0.39 is 17.8 Å². The van der Waals surface area contributed by atoms with Crippen LogP contribution in [0.2, 0.25) is 0 Å². The first-order valence-electron chi connectivity index (χ1n) is 11.0. The molecule has 1 saturated heterocycles. The molecule has 0 saturated carbocycles. The van der Waals surface area contributed by atoms with Crippen molar-refractivity contribution in [2.45, 2.75) is 0 Å². The SMILES string of the molecule is COc1ccc(OCCOc2cccc(/C=C3/C(=O)NC(=O)N(c4ccc(OC)cc4)C3=O)c2)cc1. The first-order valence-corrected chi connectivity index (χ1v) is 11.0. The van der Waals surface area contributed by atoms with Gasteiger partial charge in [-0.05, 0) is 72.3 Å².